The summed E-state index contributed by atoms with van der Waals surface area (Å²) in [7, 11) is 0. The zero-order valence-corrected chi connectivity index (χ0v) is 10.0. The molecule has 1 aromatic carbocycles. The Kier molecular flexibility index (Phi) is 4.72. The van der Waals surface area contributed by atoms with Gasteiger partial charge in [0.15, 0.2) is 0 Å². The second kappa shape index (κ2) is 6.07. The highest BCUT2D eigenvalue weighted by molar-refractivity contribution is 6.00. The van der Waals surface area contributed by atoms with Crippen molar-refractivity contribution in [3.05, 3.63) is 34.9 Å². The van der Waals surface area contributed by atoms with Crippen molar-refractivity contribution >= 4 is 5.71 Å². The van der Waals surface area contributed by atoms with Crippen LogP contribution in [0.3, 0.4) is 0 Å². The molecule has 1 N–H and O–H groups in total. The van der Waals surface area contributed by atoms with Gasteiger partial charge in [-0.05, 0) is 36.5 Å². The summed E-state index contributed by atoms with van der Waals surface area (Å²) in [6.07, 6.45) is 3.76. The maximum atomic E-state index is 9.01. The zero-order chi connectivity index (χ0) is 12.0. The highest BCUT2D eigenvalue weighted by atomic mass is 14.4. The van der Waals surface area contributed by atoms with Crippen molar-refractivity contribution in [1.29, 1.82) is 10.7 Å². The van der Waals surface area contributed by atoms with Crippen LogP contribution in [0.5, 0.6) is 0 Å². The van der Waals surface area contributed by atoms with Gasteiger partial charge in [0.25, 0.3) is 0 Å². The summed E-state index contributed by atoms with van der Waals surface area (Å²) in [6.45, 7) is 4.16. The Morgan fingerprint density at radius 3 is 2.69 bits per heavy atom. The van der Waals surface area contributed by atoms with Gasteiger partial charge in [-0.15, -0.1) is 0 Å². The van der Waals surface area contributed by atoms with Crippen LogP contribution in [0.25, 0.3) is 0 Å². The van der Waals surface area contributed by atoms with E-state index in [-0.39, 0.29) is 0 Å². The first-order valence-electron chi connectivity index (χ1n) is 5.84. The average Bonchev–Trinajstić information content (AvgIpc) is 2.34. The predicted molar refractivity (Wildman–Crippen MR) is 66.9 cm³/mol. The molecule has 0 saturated heterocycles. The van der Waals surface area contributed by atoms with Crippen LogP contribution in [0.4, 0.5) is 0 Å². The van der Waals surface area contributed by atoms with Gasteiger partial charge >= 0.3 is 0 Å². The minimum absolute atomic E-state index is 0.663. The summed E-state index contributed by atoms with van der Waals surface area (Å²) in [6, 6.07) is 7.85. The van der Waals surface area contributed by atoms with Gasteiger partial charge in [-0.3, -0.25) is 0 Å². The van der Waals surface area contributed by atoms with E-state index in [2.05, 4.69) is 13.0 Å². The smallest absolute Gasteiger partial charge is 0.0994 e. The summed E-state index contributed by atoms with van der Waals surface area (Å²) in [5.74, 6) is 0. The lowest BCUT2D eigenvalue weighted by atomic mass is 9.94. The molecule has 0 unspecified atom stereocenters. The van der Waals surface area contributed by atoms with Crippen molar-refractivity contribution in [2.45, 2.75) is 39.5 Å². The van der Waals surface area contributed by atoms with Crippen molar-refractivity contribution < 1.29 is 0 Å². The number of hydrogen-bond acceptors (Lipinski definition) is 2. The number of nitriles is 1. The maximum absolute atomic E-state index is 9.01. The molecule has 1 rings (SSSR count). The van der Waals surface area contributed by atoms with Crippen LogP contribution in [-0.2, 0) is 6.42 Å². The molecule has 0 aliphatic carbocycles. The number of unbranched alkanes of at least 4 members (excludes halogenated alkanes) is 1. The first-order valence-corrected chi connectivity index (χ1v) is 5.84. The van der Waals surface area contributed by atoms with Crippen molar-refractivity contribution in [3.8, 4) is 6.07 Å². The van der Waals surface area contributed by atoms with Gasteiger partial charge in [0.1, 0.15) is 0 Å². The molecule has 0 aliphatic heterocycles. The van der Waals surface area contributed by atoms with E-state index in [4.69, 9.17) is 10.7 Å². The van der Waals surface area contributed by atoms with Crippen molar-refractivity contribution in [2.24, 2.45) is 0 Å². The Morgan fingerprint density at radius 1 is 1.38 bits per heavy atom. The fourth-order valence-corrected chi connectivity index (χ4v) is 1.84. The summed E-state index contributed by atoms with van der Waals surface area (Å²) in [4.78, 5) is 0. The van der Waals surface area contributed by atoms with Crippen LogP contribution < -0.4 is 0 Å². The molecule has 0 bridgehead atoms. The average molecular weight is 214 g/mol. The van der Waals surface area contributed by atoms with E-state index >= 15 is 0 Å². The molecule has 0 spiro atoms. The first-order chi connectivity index (χ1) is 7.74. The second-order valence-electron chi connectivity index (χ2n) is 3.88. The summed E-state index contributed by atoms with van der Waals surface area (Å²) in [5.41, 5.74) is 3.35. The molecule has 2 nitrogen and oxygen atoms in total. The fraction of sp³-hybridized carbons (Fsp3) is 0.429. The molecule has 0 aromatic heterocycles. The summed E-state index contributed by atoms with van der Waals surface area (Å²) < 4.78 is 0. The van der Waals surface area contributed by atoms with Gasteiger partial charge in [0.05, 0.1) is 11.6 Å². The van der Waals surface area contributed by atoms with E-state index in [1.165, 1.54) is 0 Å². The Bertz CT molecular complexity index is 413. The van der Waals surface area contributed by atoms with Crippen LogP contribution in [0, 0.1) is 16.7 Å². The summed E-state index contributed by atoms with van der Waals surface area (Å²) >= 11 is 0. The topological polar surface area (TPSA) is 47.6 Å². The van der Waals surface area contributed by atoms with Gasteiger partial charge < -0.3 is 5.41 Å². The summed E-state index contributed by atoms with van der Waals surface area (Å²) in [5, 5.41) is 17.1. The van der Waals surface area contributed by atoms with Crippen molar-refractivity contribution in [2.75, 3.05) is 0 Å². The largest absolute Gasteiger partial charge is 0.305 e. The minimum Gasteiger partial charge on any atom is -0.305 e. The van der Waals surface area contributed by atoms with Crippen LogP contribution in [0.1, 0.15) is 49.8 Å². The molecule has 0 aliphatic rings. The van der Waals surface area contributed by atoms with E-state index in [1.54, 1.807) is 0 Å². The van der Waals surface area contributed by atoms with Crippen LogP contribution in [0.2, 0.25) is 0 Å². The lowest BCUT2D eigenvalue weighted by Crippen LogP contribution is -2.05. The number of rotatable bonds is 5. The lowest BCUT2D eigenvalue weighted by Gasteiger charge is -2.10. The molecular formula is C14H18N2. The monoisotopic (exact) mass is 214 g/mol. The Morgan fingerprint density at radius 2 is 2.12 bits per heavy atom. The predicted octanol–water partition coefficient (Wildman–Crippen LogP) is 3.68. The molecular weight excluding hydrogens is 196 g/mol. The number of nitrogens with zero attached hydrogens (tertiary/aromatic N) is 1. The standard InChI is InChI=1S/C14H18N2/c1-3-5-9-14(16)13-8-6-7-11(10-15)12(13)4-2/h6-8,16H,3-5,9H2,1-2H3. The molecule has 0 atom stereocenters. The first kappa shape index (κ1) is 12.4. The van der Waals surface area contributed by atoms with Crippen molar-refractivity contribution in [1.82, 2.24) is 0 Å². The molecule has 0 amide bonds. The van der Waals surface area contributed by atoms with Gasteiger partial charge in [-0.25, -0.2) is 0 Å². The van der Waals surface area contributed by atoms with E-state index in [1.807, 2.05) is 25.1 Å². The van der Waals surface area contributed by atoms with E-state index in [9.17, 15) is 0 Å². The highest BCUT2D eigenvalue weighted by Gasteiger charge is 2.09. The van der Waals surface area contributed by atoms with E-state index in [0.29, 0.717) is 11.3 Å². The highest BCUT2D eigenvalue weighted by Crippen LogP contribution is 2.17. The number of nitrogens with one attached hydrogen (secondary N) is 1. The van der Waals surface area contributed by atoms with Crippen LogP contribution in [0.15, 0.2) is 18.2 Å². The number of benzene rings is 1. The van der Waals surface area contributed by atoms with Crippen LogP contribution in [-0.4, -0.2) is 5.71 Å². The van der Waals surface area contributed by atoms with Gasteiger partial charge in [-0.2, -0.15) is 5.26 Å². The molecule has 0 saturated carbocycles. The molecule has 0 fully saturated rings. The minimum atomic E-state index is 0.663. The third-order valence-corrected chi connectivity index (χ3v) is 2.76. The van der Waals surface area contributed by atoms with Gasteiger partial charge in [-0.1, -0.05) is 32.4 Å². The molecule has 84 valence electrons. The lowest BCUT2D eigenvalue weighted by molar-refractivity contribution is 0.832. The molecule has 16 heavy (non-hydrogen) atoms. The molecule has 0 heterocycles. The van der Waals surface area contributed by atoms with E-state index < -0.39 is 0 Å². The normalized spacial score (nSPS) is 9.81. The number of hydrogen-bond donors (Lipinski definition) is 1. The third-order valence-electron chi connectivity index (χ3n) is 2.76. The fourth-order valence-electron chi connectivity index (χ4n) is 1.84. The SMILES string of the molecule is CCCCC(=N)c1cccc(C#N)c1CC. The Labute approximate surface area is 97.4 Å². The third kappa shape index (κ3) is 2.70. The van der Waals surface area contributed by atoms with Gasteiger partial charge in [0.2, 0.25) is 0 Å². The second-order valence-corrected chi connectivity index (χ2v) is 3.88. The molecule has 1 aromatic rings. The molecule has 2 heteroatoms. The maximum Gasteiger partial charge on any atom is 0.0994 e. The quantitative estimate of drug-likeness (QED) is 0.747. The Hall–Kier alpha value is -1.62. The Balaban J connectivity index is 3.04. The van der Waals surface area contributed by atoms with Gasteiger partial charge in [0, 0.05) is 5.71 Å². The molecule has 0 radical (unpaired) electrons. The van der Waals surface area contributed by atoms with E-state index in [0.717, 1.165) is 36.8 Å². The van der Waals surface area contributed by atoms with Crippen molar-refractivity contribution in [3.63, 3.8) is 0 Å². The van der Waals surface area contributed by atoms with Crippen LogP contribution >= 0.6 is 0 Å². The zero-order valence-electron chi connectivity index (χ0n) is 10.0.